The Balaban J connectivity index is 1.48. The van der Waals surface area contributed by atoms with E-state index in [9.17, 15) is 9.18 Å². The van der Waals surface area contributed by atoms with Gasteiger partial charge < -0.3 is 15.2 Å². The number of amides is 1. The maximum absolute atomic E-state index is 14.8. The van der Waals surface area contributed by atoms with E-state index in [1.807, 2.05) is 12.4 Å². The first-order chi connectivity index (χ1) is 15.0. The summed E-state index contributed by atoms with van der Waals surface area (Å²) < 4.78 is 16.5. The second-order valence-electron chi connectivity index (χ2n) is 8.58. The van der Waals surface area contributed by atoms with Gasteiger partial charge in [-0.2, -0.15) is 5.10 Å². The molecule has 2 aliphatic rings. The van der Waals surface area contributed by atoms with Crippen LogP contribution in [0.2, 0.25) is 5.02 Å². The molecule has 5 rings (SSSR count). The average Bonchev–Trinajstić information content (AvgIpc) is 3.50. The third kappa shape index (κ3) is 3.78. The summed E-state index contributed by atoms with van der Waals surface area (Å²) in [7, 11) is 0. The van der Waals surface area contributed by atoms with Gasteiger partial charge in [0.25, 0.3) is 0 Å². The fraction of sp³-hybridized carbons (Fsp3) is 0.500. The lowest BCUT2D eigenvalue weighted by molar-refractivity contribution is -0.131. The van der Waals surface area contributed by atoms with E-state index in [0.29, 0.717) is 24.0 Å². The van der Waals surface area contributed by atoms with Gasteiger partial charge >= 0.3 is 0 Å². The molecule has 0 aromatic carbocycles. The number of anilines is 1. The van der Waals surface area contributed by atoms with Crippen molar-refractivity contribution in [1.29, 1.82) is 0 Å². The zero-order valence-electron chi connectivity index (χ0n) is 17.4. The van der Waals surface area contributed by atoms with Crippen molar-refractivity contribution in [3.05, 3.63) is 29.8 Å². The van der Waals surface area contributed by atoms with Crippen molar-refractivity contribution in [3.8, 4) is 11.1 Å². The summed E-state index contributed by atoms with van der Waals surface area (Å²) in [5, 5.41) is 9.67. The minimum Gasteiger partial charge on any atom is -0.381 e. The number of carbonyl (C=O) groups is 1. The quantitative estimate of drug-likeness (QED) is 0.618. The Kier molecular flexibility index (Phi) is 5.33. The first kappa shape index (κ1) is 20.3. The molecule has 0 radical (unpaired) electrons. The largest absolute Gasteiger partial charge is 0.381 e. The molecule has 2 fully saturated rings. The number of alkyl halides is 1. The number of H-pyrrole nitrogens is 1. The number of halogens is 2. The minimum atomic E-state index is -1.15. The zero-order valence-corrected chi connectivity index (χ0v) is 18.2. The fourth-order valence-corrected chi connectivity index (χ4v) is 5.07. The molecule has 1 amide bonds. The SMILES string of the molecule is CC(=O)N1CC[C@H](n2cc(-c3cnc4[nH]cc(Cl)c4c3NC3CCCC3)cn2)[C@@H](F)C1. The molecule has 3 aromatic rings. The topological polar surface area (TPSA) is 78.8 Å². The van der Waals surface area contributed by atoms with E-state index >= 15 is 0 Å². The highest BCUT2D eigenvalue weighted by Crippen LogP contribution is 2.39. The van der Waals surface area contributed by atoms with Crippen molar-refractivity contribution >= 4 is 34.2 Å². The predicted molar refractivity (Wildman–Crippen MR) is 119 cm³/mol. The minimum absolute atomic E-state index is 0.0901. The number of hydrogen-bond donors (Lipinski definition) is 2. The highest BCUT2D eigenvalue weighted by atomic mass is 35.5. The first-order valence-corrected chi connectivity index (χ1v) is 11.3. The molecular weight excluding hydrogens is 419 g/mol. The number of nitrogens with one attached hydrogen (secondary N) is 2. The molecule has 0 unspecified atom stereocenters. The maximum atomic E-state index is 14.8. The van der Waals surface area contributed by atoms with Crippen LogP contribution in [0.4, 0.5) is 10.1 Å². The number of likely N-dealkylation sites (tertiary alicyclic amines) is 1. The number of nitrogens with zero attached hydrogens (tertiary/aromatic N) is 4. The smallest absolute Gasteiger partial charge is 0.219 e. The van der Waals surface area contributed by atoms with Crippen LogP contribution in [-0.4, -0.2) is 55.9 Å². The Bertz CT molecular complexity index is 1100. The predicted octanol–water partition coefficient (Wildman–Crippen LogP) is 4.57. The van der Waals surface area contributed by atoms with E-state index in [4.69, 9.17) is 11.6 Å². The number of aromatic nitrogens is 4. The number of carbonyl (C=O) groups excluding carboxylic acids is 1. The van der Waals surface area contributed by atoms with Crippen molar-refractivity contribution < 1.29 is 9.18 Å². The van der Waals surface area contributed by atoms with E-state index < -0.39 is 6.17 Å². The third-order valence-electron chi connectivity index (χ3n) is 6.56. The summed E-state index contributed by atoms with van der Waals surface area (Å²) >= 11 is 6.49. The second kappa shape index (κ2) is 8.15. The van der Waals surface area contributed by atoms with Gasteiger partial charge in [-0.05, 0) is 19.3 Å². The van der Waals surface area contributed by atoms with Crippen LogP contribution in [0, 0.1) is 0 Å². The first-order valence-electron chi connectivity index (χ1n) is 10.9. The number of hydrogen-bond acceptors (Lipinski definition) is 4. The van der Waals surface area contributed by atoms with Crippen molar-refractivity contribution in [2.45, 2.75) is 57.3 Å². The summed E-state index contributed by atoms with van der Waals surface area (Å²) in [6.45, 7) is 2.12. The number of piperidine rings is 1. The molecule has 1 aliphatic carbocycles. The van der Waals surface area contributed by atoms with Crippen LogP contribution in [0.5, 0.6) is 0 Å². The van der Waals surface area contributed by atoms with Crippen molar-refractivity contribution in [3.63, 3.8) is 0 Å². The standard InChI is InChI=1S/C22H26ClFN6O/c1-13(31)29-7-6-19(18(24)12-29)30-11-14(8-27-30)16-9-25-22-20(17(23)10-26-22)21(16)28-15-4-2-3-5-15/h8-11,15,18-19H,2-7,12H2,1H3,(H2,25,26,28)/t18-,19-/m0/s1. The fourth-order valence-electron chi connectivity index (χ4n) is 4.84. The Labute approximate surface area is 185 Å². The molecule has 2 atom stereocenters. The monoisotopic (exact) mass is 444 g/mol. The van der Waals surface area contributed by atoms with Crippen LogP contribution >= 0.6 is 11.6 Å². The Morgan fingerprint density at radius 2 is 2.10 bits per heavy atom. The van der Waals surface area contributed by atoms with Crippen LogP contribution in [0.25, 0.3) is 22.2 Å². The summed E-state index contributed by atoms with van der Waals surface area (Å²) in [6, 6.07) is 0.0135. The van der Waals surface area contributed by atoms with Crippen LogP contribution in [-0.2, 0) is 4.79 Å². The summed E-state index contributed by atoms with van der Waals surface area (Å²) in [4.78, 5) is 20.8. The molecular formula is C22H26ClFN6O. The van der Waals surface area contributed by atoms with Gasteiger partial charge in [-0.25, -0.2) is 9.37 Å². The van der Waals surface area contributed by atoms with E-state index in [-0.39, 0.29) is 18.5 Å². The second-order valence-corrected chi connectivity index (χ2v) is 8.99. The van der Waals surface area contributed by atoms with E-state index in [0.717, 1.165) is 40.7 Å². The Morgan fingerprint density at radius 1 is 1.29 bits per heavy atom. The van der Waals surface area contributed by atoms with Crippen molar-refractivity contribution in [1.82, 2.24) is 24.6 Å². The number of fused-ring (bicyclic) bond motifs is 1. The normalized spacial score (nSPS) is 22.4. The maximum Gasteiger partial charge on any atom is 0.219 e. The van der Waals surface area contributed by atoms with Gasteiger partial charge in [-0.1, -0.05) is 24.4 Å². The lowest BCUT2D eigenvalue weighted by atomic mass is 10.0. The van der Waals surface area contributed by atoms with Crippen LogP contribution in [0.1, 0.15) is 45.1 Å². The van der Waals surface area contributed by atoms with Crippen LogP contribution < -0.4 is 5.32 Å². The van der Waals surface area contributed by atoms with E-state index in [1.54, 1.807) is 22.0 Å². The third-order valence-corrected chi connectivity index (χ3v) is 6.86. The number of rotatable bonds is 4. The van der Waals surface area contributed by atoms with Crippen molar-refractivity contribution in [2.24, 2.45) is 0 Å². The number of aromatic amines is 1. The molecule has 2 N–H and O–H groups in total. The van der Waals surface area contributed by atoms with E-state index in [2.05, 4.69) is 20.4 Å². The van der Waals surface area contributed by atoms with Gasteiger partial charge in [-0.3, -0.25) is 9.48 Å². The lowest BCUT2D eigenvalue weighted by Gasteiger charge is -2.34. The average molecular weight is 445 g/mol. The molecule has 31 heavy (non-hydrogen) atoms. The van der Waals surface area contributed by atoms with Gasteiger partial charge in [0.15, 0.2) is 0 Å². The van der Waals surface area contributed by atoms with Gasteiger partial charge in [-0.15, -0.1) is 0 Å². The highest BCUT2D eigenvalue weighted by Gasteiger charge is 2.32. The molecule has 1 saturated carbocycles. The molecule has 3 aromatic heterocycles. The van der Waals surface area contributed by atoms with E-state index in [1.165, 1.54) is 19.8 Å². The van der Waals surface area contributed by atoms with Crippen LogP contribution in [0.15, 0.2) is 24.8 Å². The molecule has 4 heterocycles. The van der Waals surface area contributed by atoms with Gasteiger partial charge in [0.05, 0.1) is 34.9 Å². The summed E-state index contributed by atoms with van der Waals surface area (Å²) in [6.07, 6.45) is 11.3. The molecule has 0 bridgehead atoms. The lowest BCUT2D eigenvalue weighted by Crippen LogP contribution is -2.44. The number of pyridine rings is 1. The molecule has 9 heteroatoms. The summed E-state index contributed by atoms with van der Waals surface area (Å²) in [5.41, 5.74) is 3.46. The molecule has 7 nitrogen and oxygen atoms in total. The zero-order chi connectivity index (χ0) is 21.5. The molecule has 1 aliphatic heterocycles. The van der Waals surface area contributed by atoms with Gasteiger partial charge in [0.1, 0.15) is 11.8 Å². The molecule has 0 spiro atoms. The molecule has 1 saturated heterocycles. The van der Waals surface area contributed by atoms with Gasteiger partial charge in [0.2, 0.25) is 5.91 Å². The van der Waals surface area contributed by atoms with Gasteiger partial charge in [0, 0.05) is 49.2 Å². The van der Waals surface area contributed by atoms with Crippen LogP contribution in [0.3, 0.4) is 0 Å². The molecule has 164 valence electrons. The Hall–Kier alpha value is -2.61. The summed E-state index contributed by atoms with van der Waals surface area (Å²) in [5.74, 6) is -0.0901. The Morgan fingerprint density at radius 3 is 2.84 bits per heavy atom. The van der Waals surface area contributed by atoms with Crippen molar-refractivity contribution in [2.75, 3.05) is 18.4 Å². The highest BCUT2D eigenvalue weighted by molar-refractivity contribution is 6.36.